The van der Waals surface area contributed by atoms with Crippen LogP contribution in [-0.4, -0.2) is 34.5 Å². The summed E-state index contributed by atoms with van der Waals surface area (Å²) >= 11 is 5.94. The van der Waals surface area contributed by atoms with Crippen LogP contribution < -0.4 is 4.90 Å². The Labute approximate surface area is 107 Å². The van der Waals surface area contributed by atoms with E-state index in [4.69, 9.17) is 11.6 Å². The topological polar surface area (TPSA) is 49.2 Å². The molecule has 2 rings (SSSR count). The third kappa shape index (κ3) is 2.38. The molecule has 1 fully saturated rings. The Kier molecular flexibility index (Phi) is 3.54. The van der Waals surface area contributed by atoms with Crippen molar-refractivity contribution in [2.45, 2.75) is 33.3 Å². The van der Waals surface area contributed by atoms with Crippen molar-refractivity contribution in [1.82, 2.24) is 10.2 Å². The Hall–Kier alpha value is -0.870. The molecule has 1 aromatic rings. The molecule has 2 heterocycles. The number of aliphatic hydroxyl groups excluding tert-OH is 1. The zero-order valence-corrected chi connectivity index (χ0v) is 11.2. The van der Waals surface area contributed by atoms with Crippen LogP contribution >= 0.6 is 11.6 Å². The Morgan fingerprint density at radius 2 is 2.00 bits per heavy atom. The van der Waals surface area contributed by atoms with E-state index in [1.807, 2.05) is 13.8 Å². The van der Waals surface area contributed by atoms with Crippen LogP contribution in [0.5, 0.6) is 0 Å². The molecule has 17 heavy (non-hydrogen) atoms. The summed E-state index contributed by atoms with van der Waals surface area (Å²) in [6, 6.07) is 0. The van der Waals surface area contributed by atoms with Crippen molar-refractivity contribution in [2.24, 2.45) is 5.92 Å². The molecule has 1 aliphatic heterocycles. The first-order valence-corrected chi connectivity index (χ1v) is 6.31. The Morgan fingerprint density at radius 3 is 2.65 bits per heavy atom. The fourth-order valence-electron chi connectivity index (χ4n) is 2.19. The van der Waals surface area contributed by atoms with Gasteiger partial charge in [0.25, 0.3) is 0 Å². The molecule has 1 saturated heterocycles. The van der Waals surface area contributed by atoms with Gasteiger partial charge in [0, 0.05) is 13.1 Å². The molecule has 0 radical (unpaired) electrons. The molecule has 0 aromatic carbocycles. The quantitative estimate of drug-likeness (QED) is 0.833. The number of aliphatic hydroxyl groups is 1. The highest BCUT2D eigenvalue weighted by atomic mass is 35.5. The molecule has 2 unspecified atom stereocenters. The summed E-state index contributed by atoms with van der Waals surface area (Å²) in [5, 5.41) is 18.3. The van der Waals surface area contributed by atoms with Crippen LogP contribution in [0.4, 0.5) is 5.82 Å². The third-order valence-electron chi connectivity index (χ3n) is 3.60. The van der Waals surface area contributed by atoms with Gasteiger partial charge in [-0.3, -0.25) is 0 Å². The van der Waals surface area contributed by atoms with Gasteiger partial charge in [-0.2, -0.15) is 0 Å². The van der Waals surface area contributed by atoms with E-state index in [1.54, 1.807) is 0 Å². The molecule has 2 atom stereocenters. The van der Waals surface area contributed by atoms with Gasteiger partial charge in [0.05, 0.1) is 6.10 Å². The highest BCUT2D eigenvalue weighted by molar-refractivity contribution is 6.30. The largest absolute Gasteiger partial charge is 0.393 e. The lowest BCUT2D eigenvalue weighted by Gasteiger charge is -2.35. The fraction of sp³-hybridized carbons (Fsp3) is 0.667. The van der Waals surface area contributed by atoms with E-state index in [2.05, 4.69) is 22.0 Å². The Morgan fingerprint density at radius 1 is 1.29 bits per heavy atom. The molecule has 1 aromatic heterocycles. The van der Waals surface area contributed by atoms with Gasteiger partial charge in [0.2, 0.25) is 0 Å². The fourth-order valence-corrected chi connectivity index (χ4v) is 2.37. The number of rotatable bonds is 1. The van der Waals surface area contributed by atoms with Gasteiger partial charge in [-0.25, -0.2) is 0 Å². The first-order valence-electron chi connectivity index (χ1n) is 5.93. The van der Waals surface area contributed by atoms with E-state index in [1.165, 1.54) is 0 Å². The van der Waals surface area contributed by atoms with E-state index < -0.39 is 0 Å². The van der Waals surface area contributed by atoms with Crippen LogP contribution in [0.3, 0.4) is 0 Å². The van der Waals surface area contributed by atoms with Gasteiger partial charge in [-0.05, 0) is 37.3 Å². The molecule has 5 heteroatoms. The summed E-state index contributed by atoms with van der Waals surface area (Å²) in [6.45, 7) is 7.67. The molecule has 0 saturated carbocycles. The summed E-state index contributed by atoms with van der Waals surface area (Å²) in [6.07, 6.45) is 0.581. The van der Waals surface area contributed by atoms with Gasteiger partial charge in [-0.15, -0.1) is 10.2 Å². The van der Waals surface area contributed by atoms with Crippen LogP contribution in [-0.2, 0) is 0 Å². The van der Waals surface area contributed by atoms with Crippen molar-refractivity contribution in [3.8, 4) is 0 Å². The summed E-state index contributed by atoms with van der Waals surface area (Å²) in [5.41, 5.74) is 2.06. The van der Waals surface area contributed by atoms with E-state index >= 15 is 0 Å². The molecule has 1 N–H and O–H groups in total. The van der Waals surface area contributed by atoms with Crippen molar-refractivity contribution in [2.75, 3.05) is 18.0 Å². The Balaban J connectivity index is 2.26. The van der Waals surface area contributed by atoms with Crippen molar-refractivity contribution < 1.29 is 5.11 Å². The number of aromatic nitrogens is 2. The maximum absolute atomic E-state index is 9.73. The number of hydrogen-bond donors (Lipinski definition) is 1. The predicted octanol–water partition coefficient (Wildman–Crippen LogP) is 1.95. The third-order valence-corrected chi connectivity index (χ3v) is 3.96. The molecule has 0 spiro atoms. The summed E-state index contributed by atoms with van der Waals surface area (Å²) in [7, 11) is 0. The van der Waals surface area contributed by atoms with Crippen molar-refractivity contribution in [3.05, 3.63) is 16.3 Å². The van der Waals surface area contributed by atoms with Gasteiger partial charge in [0.1, 0.15) is 0 Å². The number of anilines is 1. The number of halogens is 1. The van der Waals surface area contributed by atoms with Crippen molar-refractivity contribution >= 4 is 17.4 Å². The van der Waals surface area contributed by atoms with Crippen LogP contribution in [0.25, 0.3) is 0 Å². The minimum Gasteiger partial charge on any atom is -0.393 e. The standard InChI is InChI=1S/C12H18ClN3O/c1-7-6-16(5-4-10(7)17)12-9(3)8(2)11(13)14-15-12/h7,10,17H,4-6H2,1-3H3. The van der Waals surface area contributed by atoms with Gasteiger partial charge in [-0.1, -0.05) is 18.5 Å². The normalized spacial score (nSPS) is 25.1. The van der Waals surface area contributed by atoms with Crippen molar-refractivity contribution in [3.63, 3.8) is 0 Å². The minimum atomic E-state index is -0.201. The lowest BCUT2D eigenvalue weighted by Crippen LogP contribution is -2.42. The van der Waals surface area contributed by atoms with Gasteiger partial charge in [0.15, 0.2) is 11.0 Å². The molecule has 0 aliphatic carbocycles. The molecule has 0 bridgehead atoms. The maximum atomic E-state index is 9.73. The number of piperidine rings is 1. The van der Waals surface area contributed by atoms with Gasteiger partial charge < -0.3 is 10.0 Å². The highest BCUT2D eigenvalue weighted by Crippen LogP contribution is 2.27. The van der Waals surface area contributed by atoms with E-state index in [-0.39, 0.29) is 12.0 Å². The zero-order chi connectivity index (χ0) is 12.6. The lowest BCUT2D eigenvalue weighted by atomic mass is 9.96. The maximum Gasteiger partial charge on any atom is 0.155 e. The summed E-state index contributed by atoms with van der Waals surface area (Å²) < 4.78 is 0. The molecule has 4 nitrogen and oxygen atoms in total. The molecular formula is C12H18ClN3O. The first kappa shape index (κ1) is 12.6. The van der Waals surface area contributed by atoms with E-state index in [9.17, 15) is 5.11 Å². The summed E-state index contributed by atoms with van der Waals surface area (Å²) in [4.78, 5) is 2.18. The smallest absolute Gasteiger partial charge is 0.155 e. The second-order valence-corrected chi connectivity index (χ2v) is 5.20. The second-order valence-electron chi connectivity index (χ2n) is 4.84. The van der Waals surface area contributed by atoms with E-state index in [0.29, 0.717) is 5.15 Å². The van der Waals surface area contributed by atoms with Crippen LogP contribution in [0, 0.1) is 19.8 Å². The number of nitrogens with zero attached hydrogens (tertiary/aromatic N) is 3. The molecule has 0 amide bonds. The highest BCUT2D eigenvalue weighted by Gasteiger charge is 2.26. The number of hydrogen-bond acceptors (Lipinski definition) is 4. The summed E-state index contributed by atoms with van der Waals surface area (Å²) in [5.74, 6) is 1.16. The first-order chi connectivity index (χ1) is 8.00. The monoisotopic (exact) mass is 255 g/mol. The predicted molar refractivity (Wildman–Crippen MR) is 68.5 cm³/mol. The van der Waals surface area contributed by atoms with Crippen LogP contribution in [0.15, 0.2) is 0 Å². The van der Waals surface area contributed by atoms with Crippen LogP contribution in [0.2, 0.25) is 5.15 Å². The molecular weight excluding hydrogens is 238 g/mol. The minimum absolute atomic E-state index is 0.201. The van der Waals surface area contributed by atoms with Gasteiger partial charge >= 0.3 is 0 Å². The van der Waals surface area contributed by atoms with Crippen molar-refractivity contribution in [1.29, 1.82) is 0 Å². The van der Waals surface area contributed by atoms with E-state index in [0.717, 1.165) is 36.5 Å². The average Bonchev–Trinajstić information content (AvgIpc) is 2.30. The molecule has 94 valence electrons. The Bertz CT molecular complexity index is 424. The molecule has 1 aliphatic rings. The second kappa shape index (κ2) is 4.78. The lowest BCUT2D eigenvalue weighted by molar-refractivity contribution is 0.0968. The average molecular weight is 256 g/mol. The zero-order valence-electron chi connectivity index (χ0n) is 10.4. The van der Waals surface area contributed by atoms with Crippen LogP contribution in [0.1, 0.15) is 24.5 Å². The SMILES string of the molecule is Cc1c(Cl)nnc(N2CCC(O)C(C)C2)c1C.